The highest BCUT2D eigenvalue weighted by Gasteiger charge is 2.24. The molecule has 0 aliphatic carbocycles. The summed E-state index contributed by atoms with van der Waals surface area (Å²) in [6, 6.07) is 11.6. The lowest BCUT2D eigenvalue weighted by Gasteiger charge is -2.09. The van der Waals surface area contributed by atoms with Crippen molar-refractivity contribution in [3.05, 3.63) is 70.9 Å². The van der Waals surface area contributed by atoms with Gasteiger partial charge in [-0.25, -0.2) is 4.79 Å². The third kappa shape index (κ3) is 4.36. The van der Waals surface area contributed by atoms with Crippen LogP contribution in [0.5, 0.6) is 0 Å². The molecule has 33 heavy (non-hydrogen) atoms. The number of ketones is 1. The van der Waals surface area contributed by atoms with Gasteiger partial charge in [0.1, 0.15) is 5.76 Å². The predicted molar refractivity (Wildman–Crippen MR) is 125 cm³/mol. The first-order valence-corrected chi connectivity index (χ1v) is 11.5. The van der Waals surface area contributed by atoms with E-state index in [1.165, 1.54) is 11.8 Å². The quantitative estimate of drug-likeness (QED) is 0.224. The fourth-order valence-corrected chi connectivity index (χ4v) is 4.53. The number of H-pyrrole nitrogens is 1. The summed E-state index contributed by atoms with van der Waals surface area (Å²) < 4.78 is 12.5. The Morgan fingerprint density at radius 1 is 1.12 bits per heavy atom. The Labute approximate surface area is 195 Å². The highest BCUT2D eigenvalue weighted by Crippen LogP contribution is 2.31. The Morgan fingerprint density at radius 3 is 2.55 bits per heavy atom. The first kappa shape index (κ1) is 22.6. The molecule has 0 atom stereocenters. The second-order valence-corrected chi connectivity index (χ2v) is 8.37. The smallest absolute Gasteiger partial charge is 0.340 e. The Morgan fingerprint density at radius 2 is 1.88 bits per heavy atom. The molecule has 1 aromatic carbocycles. The zero-order chi connectivity index (χ0) is 23.5. The number of Topliss-reactive ketones (excluding diaryl/α,β-unsaturated/α-hetero) is 1. The molecule has 8 nitrogen and oxygen atoms in total. The summed E-state index contributed by atoms with van der Waals surface area (Å²) in [7, 11) is 0. The fraction of sp³-hybridized carbons (Fsp3) is 0.250. The van der Waals surface area contributed by atoms with E-state index in [0.717, 1.165) is 17.0 Å². The standard InChI is InChI=1S/C24H24N4O4S/c1-5-31-23(30)20-14(2)21(25-15(20)3)19(29)13-33-24-27-26-22(18-11-12-32-16(18)4)28(24)17-9-7-6-8-10-17/h6-12,25H,5,13H2,1-4H3. The second-order valence-electron chi connectivity index (χ2n) is 7.42. The predicted octanol–water partition coefficient (Wildman–Crippen LogP) is 4.93. The molecule has 9 heteroatoms. The number of carbonyl (C=O) groups excluding carboxylic acids is 2. The Bertz CT molecular complexity index is 1300. The number of aryl methyl sites for hydroxylation is 2. The molecule has 0 spiro atoms. The number of hydrogen-bond acceptors (Lipinski definition) is 7. The molecule has 4 aromatic rings. The molecule has 0 unspecified atom stereocenters. The minimum absolute atomic E-state index is 0.123. The number of furan rings is 1. The van der Waals surface area contributed by atoms with Gasteiger partial charge in [0.15, 0.2) is 16.8 Å². The first-order valence-electron chi connectivity index (χ1n) is 10.5. The molecule has 0 saturated heterocycles. The molecule has 0 aliphatic heterocycles. The van der Waals surface area contributed by atoms with Gasteiger partial charge in [-0.2, -0.15) is 0 Å². The lowest BCUT2D eigenvalue weighted by atomic mass is 10.1. The summed E-state index contributed by atoms with van der Waals surface area (Å²) in [6.45, 7) is 7.40. The van der Waals surface area contributed by atoms with Crippen molar-refractivity contribution < 1.29 is 18.7 Å². The highest BCUT2D eigenvalue weighted by molar-refractivity contribution is 7.99. The number of hydrogen-bond donors (Lipinski definition) is 1. The number of nitrogens with one attached hydrogen (secondary N) is 1. The van der Waals surface area contributed by atoms with Crippen molar-refractivity contribution in [1.82, 2.24) is 19.7 Å². The number of nitrogens with zero attached hydrogens (tertiary/aromatic N) is 3. The van der Waals surface area contributed by atoms with Crippen LogP contribution < -0.4 is 0 Å². The van der Waals surface area contributed by atoms with E-state index < -0.39 is 5.97 Å². The van der Waals surface area contributed by atoms with Crippen molar-refractivity contribution in [3.63, 3.8) is 0 Å². The Balaban J connectivity index is 1.63. The first-order chi connectivity index (χ1) is 15.9. The minimum atomic E-state index is -0.431. The van der Waals surface area contributed by atoms with Gasteiger partial charge in [-0.15, -0.1) is 10.2 Å². The van der Waals surface area contributed by atoms with Crippen LogP contribution in [0.25, 0.3) is 17.1 Å². The van der Waals surface area contributed by atoms with Gasteiger partial charge >= 0.3 is 5.97 Å². The topological polar surface area (TPSA) is 103 Å². The average Bonchev–Trinajstić information content (AvgIpc) is 3.49. The van der Waals surface area contributed by atoms with Crippen LogP contribution in [0.15, 0.2) is 52.2 Å². The maximum atomic E-state index is 13.0. The maximum Gasteiger partial charge on any atom is 0.340 e. The number of thioether (sulfide) groups is 1. The molecule has 170 valence electrons. The lowest BCUT2D eigenvalue weighted by molar-refractivity contribution is 0.0525. The number of aromatic amines is 1. The van der Waals surface area contributed by atoms with E-state index in [9.17, 15) is 9.59 Å². The fourth-order valence-electron chi connectivity index (χ4n) is 3.71. The van der Waals surface area contributed by atoms with Crippen molar-refractivity contribution in [2.24, 2.45) is 0 Å². The molecule has 0 radical (unpaired) electrons. The van der Waals surface area contributed by atoms with Crippen molar-refractivity contribution in [3.8, 4) is 17.1 Å². The number of esters is 1. The van der Waals surface area contributed by atoms with Crippen molar-refractivity contribution in [1.29, 1.82) is 0 Å². The molecule has 0 bridgehead atoms. The van der Waals surface area contributed by atoms with E-state index in [1.807, 2.05) is 47.9 Å². The SMILES string of the molecule is CCOC(=O)c1c(C)[nH]c(C(=O)CSc2nnc(-c3ccoc3C)n2-c2ccccc2)c1C. The van der Waals surface area contributed by atoms with Gasteiger partial charge in [0.2, 0.25) is 0 Å². The maximum absolute atomic E-state index is 13.0. The van der Waals surface area contributed by atoms with Gasteiger partial charge in [0.05, 0.1) is 35.4 Å². The van der Waals surface area contributed by atoms with E-state index >= 15 is 0 Å². The number of ether oxygens (including phenoxy) is 1. The van der Waals surface area contributed by atoms with Crippen LogP contribution in [0.4, 0.5) is 0 Å². The zero-order valence-electron chi connectivity index (χ0n) is 18.8. The summed E-state index contributed by atoms with van der Waals surface area (Å²) >= 11 is 1.28. The van der Waals surface area contributed by atoms with Crippen molar-refractivity contribution in [2.45, 2.75) is 32.9 Å². The summed E-state index contributed by atoms with van der Waals surface area (Å²) in [5.41, 5.74) is 3.74. The van der Waals surface area contributed by atoms with Crippen LogP contribution in [0.1, 0.15) is 44.8 Å². The molecule has 0 saturated carbocycles. The lowest BCUT2D eigenvalue weighted by Crippen LogP contribution is -2.09. The van der Waals surface area contributed by atoms with Gasteiger partial charge in [-0.3, -0.25) is 9.36 Å². The van der Waals surface area contributed by atoms with Crippen LogP contribution in [0.2, 0.25) is 0 Å². The molecule has 1 N–H and O–H groups in total. The van der Waals surface area contributed by atoms with Gasteiger partial charge in [-0.05, 0) is 51.5 Å². The van der Waals surface area contributed by atoms with Crippen LogP contribution in [0, 0.1) is 20.8 Å². The largest absolute Gasteiger partial charge is 0.469 e. The average molecular weight is 465 g/mol. The number of para-hydroxylation sites is 1. The second kappa shape index (κ2) is 9.50. The highest BCUT2D eigenvalue weighted by atomic mass is 32.2. The van der Waals surface area contributed by atoms with E-state index in [0.29, 0.717) is 33.5 Å². The Kier molecular flexibility index (Phi) is 6.50. The molecule has 3 aromatic heterocycles. The number of aromatic nitrogens is 4. The molecule has 0 fully saturated rings. The Hall–Kier alpha value is -3.59. The summed E-state index contributed by atoms with van der Waals surface area (Å²) in [5, 5.41) is 9.31. The third-order valence-corrected chi connectivity index (χ3v) is 6.20. The molecule has 3 heterocycles. The van der Waals surface area contributed by atoms with Crippen LogP contribution >= 0.6 is 11.8 Å². The summed E-state index contributed by atoms with van der Waals surface area (Å²) in [5.74, 6) is 0.924. The van der Waals surface area contributed by atoms with Crippen LogP contribution in [0.3, 0.4) is 0 Å². The number of benzene rings is 1. The number of carbonyl (C=O) groups is 2. The molecular weight excluding hydrogens is 440 g/mol. The van der Waals surface area contributed by atoms with Gasteiger partial charge in [0, 0.05) is 11.4 Å². The van der Waals surface area contributed by atoms with E-state index in [1.54, 1.807) is 27.0 Å². The van der Waals surface area contributed by atoms with Gasteiger partial charge in [-0.1, -0.05) is 30.0 Å². The van der Waals surface area contributed by atoms with Crippen molar-refractivity contribution in [2.75, 3.05) is 12.4 Å². The van der Waals surface area contributed by atoms with E-state index in [4.69, 9.17) is 9.15 Å². The third-order valence-electron chi connectivity index (χ3n) is 5.28. The number of rotatable bonds is 8. The molecule has 4 rings (SSSR count). The molecule has 0 amide bonds. The van der Waals surface area contributed by atoms with Gasteiger partial charge < -0.3 is 14.1 Å². The summed E-state index contributed by atoms with van der Waals surface area (Å²) in [4.78, 5) is 28.4. The van der Waals surface area contributed by atoms with Crippen LogP contribution in [-0.2, 0) is 4.74 Å². The van der Waals surface area contributed by atoms with Crippen LogP contribution in [-0.4, -0.2) is 43.9 Å². The van der Waals surface area contributed by atoms with Crippen molar-refractivity contribution >= 4 is 23.5 Å². The zero-order valence-corrected chi connectivity index (χ0v) is 19.7. The summed E-state index contributed by atoms with van der Waals surface area (Å²) in [6.07, 6.45) is 1.61. The molecule has 0 aliphatic rings. The monoisotopic (exact) mass is 464 g/mol. The normalized spacial score (nSPS) is 11.0. The van der Waals surface area contributed by atoms with Gasteiger partial charge in [0.25, 0.3) is 0 Å². The molecular formula is C24H24N4O4S. The van der Waals surface area contributed by atoms with E-state index in [-0.39, 0.29) is 18.1 Å². The van der Waals surface area contributed by atoms with E-state index in [2.05, 4.69) is 15.2 Å². The minimum Gasteiger partial charge on any atom is -0.469 e.